The SMILES string of the molecule is C=C[C@@H]1[C@H](C)C[C@@H](C(=O)OC)N1C(=O)CBr. The Bertz CT molecular complexity index is 306. The molecule has 90 valence electrons. The molecule has 0 radical (unpaired) electrons. The zero-order valence-corrected chi connectivity index (χ0v) is 11.1. The lowest BCUT2D eigenvalue weighted by Gasteiger charge is -2.27. The molecule has 1 saturated heterocycles. The van der Waals surface area contributed by atoms with E-state index in [4.69, 9.17) is 4.74 Å². The second kappa shape index (κ2) is 5.48. The number of methoxy groups -OCH3 is 1. The number of nitrogens with zero attached hydrogens (tertiary/aromatic N) is 1. The van der Waals surface area contributed by atoms with Crippen molar-refractivity contribution in [1.29, 1.82) is 0 Å². The van der Waals surface area contributed by atoms with Crippen molar-refractivity contribution in [2.24, 2.45) is 5.92 Å². The van der Waals surface area contributed by atoms with Crippen LogP contribution >= 0.6 is 15.9 Å². The van der Waals surface area contributed by atoms with E-state index in [1.54, 1.807) is 11.0 Å². The molecular formula is C11H16BrNO3. The van der Waals surface area contributed by atoms with Crippen LogP contribution in [0.2, 0.25) is 0 Å². The van der Waals surface area contributed by atoms with Crippen LogP contribution in [-0.4, -0.2) is 41.3 Å². The molecule has 1 amide bonds. The van der Waals surface area contributed by atoms with Gasteiger partial charge in [-0.15, -0.1) is 6.58 Å². The van der Waals surface area contributed by atoms with E-state index in [0.717, 1.165) is 0 Å². The number of likely N-dealkylation sites (tertiary alicyclic amines) is 1. The van der Waals surface area contributed by atoms with E-state index < -0.39 is 6.04 Å². The molecule has 1 aliphatic heterocycles. The highest BCUT2D eigenvalue weighted by Gasteiger charge is 2.43. The number of ether oxygens (including phenoxy) is 1. The van der Waals surface area contributed by atoms with Crippen molar-refractivity contribution in [3.8, 4) is 0 Å². The second-order valence-electron chi connectivity index (χ2n) is 3.91. The van der Waals surface area contributed by atoms with Gasteiger partial charge in [0.25, 0.3) is 0 Å². The van der Waals surface area contributed by atoms with Crippen molar-refractivity contribution in [2.45, 2.75) is 25.4 Å². The van der Waals surface area contributed by atoms with Gasteiger partial charge in [0.2, 0.25) is 5.91 Å². The smallest absolute Gasteiger partial charge is 0.328 e. The quantitative estimate of drug-likeness (QED) is 0.448. The van der Waals surface area contributed by atoms with Gasteiger partial charge in [-0.05, 0) is 12.3 Å². The van der Waals surface area contributed by atoms with Gasteiger partial charge in [0.15, 0.2) is 0 Å². The molecule has 4 nitrogen and oxygen atoms in total. The molecule has 1 fully saturated rings. The summed E-state index contributed by atoms with van der Waals surface area (Å²) in [5.41, 5.74) is 0. The van der Waals surface area contributed by atoms with Gasteiger partial charge in [-0.25, -0.2) is 4.79 Å². The maximum absolute atomic E-state index is 11.8. The Labute approximate surface area is 104 Å². The zero-order chi connectivity index (χ0) is 12.3. The van der Waals surface area contributed by atoms with Gasteiger partial charge >= 0.3 is 5.97 Å². The standard InChI is InChI=1S/C11H16BrNO3/c1-4-8-7(2)5-9(11(15)16-3)13(8)10(14)6-12/h4,7-9H,1,5-6H2,2-3H3/t7-,8-,9+/m1/s1. The fourth-order valence-corrected chi connectivity index (χ4v) is 2.48. The minimum Gasteiger partial charge on any atom is -0.467 e. The first-order chi connectivity index (χ1) is 7.56. The summed E-state index contributed by atoms with van der Waals surface area (Å²) in [6.45, 7) is 5.72. The number of esters is 1. The third-order valence-electron chi connectivity index (χ3n) is 2.95. The average Bonchev–Trinajstić information content (AvgIpc) is 2.63. The highest BCUT2D eigenvalue weighted by molar-refractivity contribution is 9.09. The Morgan fingerprint density at radius 3 is 2.69 bits per heavy atom. The van der Waals surface area contributed by atoms with Gasteiger partial charge in [0.1, 0.15) is 6.04 Å². The first-order valence-corrected chi connectivity index (χ1v) is 6.26. The first-order valence-electron chi connectivity index (χ1n) is 5.14. The number of hydrogen-bond donors (Lipinski definition) is 0. The molecule has 0 aliphatic carbocycles. The minimum absolute atomic E-state index is 0.0888. The number of carbonyl (C=O) groups is 2. The van der Waals surface area contributed by atoms with Crippen LogP contribution in [0.3, 0.4) is 0 Å². The van der Waals surface area contributed by atoms with Crippen LogP contribution in [0.25, 0.3) is 0 Å². The molecule has 0 saturated carbocycles. The van der Waals surface area contributed by atoms with E-state index in [0.29, 0.717) is 6.42 Å². The molecule has 0 spiro atoms. The van der Waals surface area contributed by atoms with Crippen LogP contribution in [-0.2, 0) is 14.3 Å². The number of hydrogen-bond acceptors (Lipinski definition) is 3. The molecule has 0 N–H and O–H groups in total. The number of rotatable bonds is 3. The lowest BCUT2D eigenvalue weighted by molar-refractivity contribution is -0.150. The Morgan fingerprint density at radius 1 is 1.62 bits per heavy atom. The van der Waals surface area contributed by atoms with Crippen molar-refractivity contribution < 1.29 is 14.3 Å². The van der Waals surface area contributed by atoms with Gasteiger partial charge in [0, 0.05) is 0 Å². The normalized spacial score (nSPS) is 28.9. The van der Waals surface area contributed by atoms with Crippen LogP contribution in [0.15, 0.2) is 12.7 Å². The van der Waals surface area contributed by atoms with Crippen molar-refractivity contribution in [2.75, 3.05) is 12.4 Å². The van der Waals surface area contributed by atoms with Crippen molar-refractivity contribution in [3.05, 3.63) is 12.7 Å². The maximum atomic E-state index is 11.8. The number of amides is 1. The Morgan fingerprint density at radius 2 is 2.25 bits per heavy atom. The summed E-state index contributed by atoms with van der Waals surface area (Å²) in [5, 5.41) is 0.206. The molecular weight excluding hydrogens is 274 g/mol. The van der Waals surface area contributed by atoms with Gasteiger partial charge in [-0.2, -0.15) is 0 Å². The third-order valence-corrected chi connectivity index (χ3v) is 3.43. The summed E-state index contributed by atoms with van der Waals surface area (Å²) in [6, 6.07) is -0.567. The van der Waals surface area contributed by atoms with E-state index in [1.807, 2.05) is 6.92 Å². The van der Waals surface area contributed by atoms with Crippen molar-refractivity contribution in [3.63, 3.8) is 0 Å². The number of alkyl halides is 1. The van der Waals surface area contributed by atoms with Gasteiger partial charge in [0.05, 0.1) is 18.5 Å². The van der Waals surface area contributed by atoms with Crippen LogP contribution < -0.4 is 0 Å². The molecule has 16 heavy (non-hydrogen) atoms. The van der Waals surface area contributed by atoms with Crippen LogP contribution in [0.4, 0.5) is 0 Å². The lowest BCUT2D eigenvalue weighted by Crippen LogP contribution is -2.45. The predicted molar refractivity (Wildman–Crippen MR) is 64.2 cm³/mol. The summed E-state index contributed by atoms with van der Waals surface area (Å²) in [5.74, 6) is -0.236. The maximum Gasteiger partial charge on any atom is 0.328 e. The summed E-state index contributed by atoms with van der Waals surface area (Å²) in [4.78, 5) is 24.9. The molecule has 1 aliphatic rings. The topological polar surface area (TPSA) is 46.6 Å². The predicted octanol–water partition coefficient (Wildman–Crippen LogP) is 1.35. The fraction of sp³-hybridized carbons (Fsp3) is 0.636. The van der Waals surface area contributed by atoms with Crippen molar-refractivity contribution in [1.82, 2.24) is 4.90 Å². The summed E-state index contributed by atoms with van der Waals surface area (Å²) >= 11 is 3.12. The largest absolute Gasteiger partial charge is 0.467 e. The monoisotopic (exact) mass is 289 g/mol. The average molecular weight is 290 g/mol. The van der Waals surface area contributed by atoms with Crippen LogP contribution in [0.1, 0.15) is 13.3 Å². The first kappa shape index (κ1) is 13.2. The number of halogens is 1. The third kappa shape index (κ3) is 2.29. The Balaban J connectivity index is 2.96. The minimum atomic E-state index is -0.479. The molecule has 0 bridgehead atoms. The van der Waals surface area contributed by atoms with Gasteiger partial charge < -0.3 is 9.64 Å². The molecule has 3 atom stereocenters. The van der Waals surface area contributed by atoms with E-state index in [2.05, 4.69) is 22.5 Å². The van der Waals surface area contributed by atoms with Gasteiger partial charge in [-0.3, -0.25) is 4.79 Å². The van der Waals surface area contributed by atoms with Crippen LogP contribution in [0.5, 0.6) is 0 Å². The van der Waals surface area contributed by atoms with Crippen molar-refractivity contribution >= 4 is 27.8 Å². The molecule has 0 unspecified atom stereocenters. The second-order valence-corrected chi connectivity index (χ2v) is 4.47. The van der Waals surface area contributed by atoms with Crippen LogP contribution in [0, 0.1) is 5.92 Å². The van der Waals surface area contributed by atoms with E-state index in [9.17, 15) is 9.59 Å². The summed E-state index contributed by atoms with van der Waals surface area (Å²) in [6.07, 6.45) is 2.34. The fourth-order valence-electron chi connectivity index (χ4n) is 2.19. The van der Waals surface area contributed by atoms with Gasteiger partial charge in [-0.1, -0.05) is 28.9 Å². The van der Waals surface area contributed by atoms with E-state index in [-0.39, 0.29) is 29.2 Å². The van der Waals surface area contributed by atoms with E-state index in [1.165, 1.54) is 7.11 Å². The summed E-state index contributed by atoms with van der Waals surface area (Å²) in [7, 11) is 1.34. The number of carbonyl (C=O) groups excluding carboxylic acids is 2. The molecule has 1 rings (SSSR count). The Hall–Kier alpha value is -0.840. The lowest BCUT2D eigenvalue weighted by atomic mass is 10.0. The molecule has 0 aromatic heterocycles. The molecule has 0 aromatic rings. The highest BCUT2D eigenvalue weighted by Crippen LogP contribution is 2.31. The summed E-state index contributed by atoms with van der Waals surface area (Å²) < 4.78 is 4.72. The highest BCUT2D eigenvalue weighted by atomic mass is 79.9. The molecule has 0 aromatic carbocycles. The Kier molecular flexibility index (Phi) is 4.53. The molecule has 5 heteroatoms. The van der Waals surface area contributed by atoms with E-state index >= 15 is 0 Å². The molecule has 1 heterocycles. The zero-order valence-electron chi connectivity index (χ0n) is 9.48.